The molecule has 2 rings (SSSR count). The van der Waals surface area contributed by atoms with Crippen LogP contribution in [-0.4, -0.2) is 41.6 Å². The van der Waals surface area contributed by atoms with Crippen LogP contribution in [0.25, 0.3) is 0 Å². The van der Waals surface area contributed by atoms with E-state index in [-0.39, 0.29) is 11.7 Å². The Bertz CT molecular complexity index is 505. The van der Waals surface area contributed by atoms with Crippen LogP contribution in [0.3, 0.4) is 0 Å². The zero-order chi connectivity index (χ0) is 15.4. The van der Waals surface area contributed by atoms with Crippen molar-refractivity contribution in [3.63, 3.8) is 0 Å². The number of aromatic hydroxyl groups is 1. The summed E-state index contributed by atoms with van der Waals surface area (Å²) in [6.07, 6.45) is 2.22. The molecule has 5 heteroatoms. The summed E-state index contributed by atoms with van der Waals surface area (Å²) < 4.78 is 0.766. The minimum Gasteiger partial charge on any atom is -0.507 e. The van der Waals surface area contributed by atoms with Crippen LogP contribution < -0.4 is 5.32 Å². The number of piperidine rings is 1. The number of rotatable bonds is 4. The van der Waals surface area contributed by atoms with Gasteiger partial charge in [-0.25, -0.2) is 0 Å². The van der Waals surface area contributed by atoms with Gasteiger partial charge in [0.1, 0.15) is 5.75 Å². The van der Waals surface area contributed by atoms with Gasteiger partial charge >= 0.3 is 0 Å². The highest BCUT2D eigenvalue weighted by Gasteiger charge is 2.24. The van der Waals surface area contributed by atoms with Gasteiger partial charge < -0.3 is 15.3 Å². The maximum Gasteiger partial charge on any atom is 0.253 e. The molecule has 0 bridgehead atoms. The van der Waals surface area contributed by atoms with Crippen molar-refractivity contribution in [2.75, 3.05) is 19.6 Å². The molecule has 21 heavy (non-hydrogen) atoms. The van der Waals surface area contributed by atoms with E-state index in [2.05, 4.69) is 41.8 Å². The first-order valence-corrected chi connectivity index (χ1v) is 8.56. The van der Waals surface area contributed by atoms with Gasteiger partial charge in [0.15, 0.2) is 0 Å². The topological polar surface area (TPSA) is 52.6 Å². The first-order chi connectivity index (χ1) is 9.97. The lowest BCUT2D eigenvalue weighted by atomic mass is 9.97. The Hall–Kier alpha value is -0.820. The number of carbonyl (C=O) groups excluding carboxylic acids is 1. The van der Waals surface area contributed by atoms with Gasteiger partial charge in [-0.05, 0) is 66.1 Å². The SMILES string of the molecule is CC(C)NCC1CCCN(C(=O)c2ccc(I)c(O)c2)C1. The molecule has 4 nitrogen and oxygen atoms in total. The van der Waals surface area contributed by atoms with Crippen molar-refractivity contribution in [3.05, 3.63) is 27.3 Å². The fourth-order valence-corrected chi connectivity index (χ4v) is 2.98. The van der Waals surface area contributed by atoms with Gasteiger partial charge in [-0.1, -0.05) is 13.8 Å². The zero-order valence-corrected chi connectivity index (χ0v) is 14.8. The molecule has 1 aliphatic heterocycles. The highest BCUT2D eigenvalue weighted by molar-refractivity contribution is 14.1. The number of likely N-dealkylation sites (tertiary alicyclic amines) is 1. The van der Waals surface area contributed by atoms with E-state index in [0.29, 0.717) is 17.5 Å². The molecule has 0 spiro atoms. The molecule has 1 aliphatic rings. The molecule has 1 atom stereocenters. The lowest BCUT2D eigenvalue weighted by Gasteiger charge is -2.33. The lowest BCUT2D eigenvalue weighted by molar-refractivity contribution is 0.0672. The van der Waals surface area contributed by atoms with Crippen LogP contribution in [0.15, 0.2) is 18.2 Å². The summed E-state index contributed by atoms with van der Waals surface area (Å²) in [5.41, 5.74) is 0.574. The standard InChI is InChI=1S/C16H23IN2O2/c1-11(2)18-9-12-4-3-7-19(10-12)16(21)13-5-6-14(17)15(20)8-13/h5-6,8,11-12,18,20H,3-4,7,9-10H2,1-2H3. The summed E-state index contributed by atoms with van der Waals surface area (Å²) in [7, 11) is 0. The van der Waals surface area contributed by atoms with E-state index in [1.807, 2.05) is 4.90 Å². The van der Waals surface area contributed by atoms with Crippen molar-refractivity contribution in [2.24, 2.45) is 5.92 Å². The number of phenols is 1. The third-order valence-electron chi connectivity index (χ3n) is 3.81. The normalized spacial score (nSPS) is 19.0. The molecule has 0 aliphatic carbocycles. The predicted molar refractivity (Wildman–Crippen MR) is 92.6 cm³/mol. The second-order valence-corrected chi connectivity index (χ2v) is 7.15. The van der Waals surface area contributed by atoms with Crippen LogP contribution in [-0.2, 0) is 0 Å². The van der Waals surface area contributed by atoms with Gasteiger partial charge in [-0.15, -0.1) is 0 Å². The summed E-state index contributed by atoms with van der Waals surface area (Å²) >= 11 is 2.06. The number of halogens is 1. The summed E-state index contributed by atoms with van der Waals surface area (Å²) in [6.45, 7) is 6.84. The van der Waals surface area contributed by atoms with E-state index in [0.717, 1.165) is 29.6 Å². The Morgan fingerprint density at radius 2 is 2.29 bits per heavy atom. The Balaban J connectivity index is 1.99. The summed E-state index contributed by atoms with van der Waals surface area (Å²) in [4.78, 5) is 14.5. The zero-order valence-electron chi connectivity index (χ0n) is 12.6. The van der Waals surface area contributed by atoms with Gasteiger partial charge in [0.2, 0.25) is 0 Å². The largest absolute Gasteiger partial charge is 0.507 e. The minimum atomic E-state index is 0.0240. The number of amides is 1. The van der Waals surface area contributed by atoms with Gasteiger partial charge in [-0.3, -0.25) is 4.79 Å². The van der Waals surface area contributed by atoms with Crippen LogP contribution in [0.2, 0.25) is 0 Å². The molecular weight excluding hydrogens is 379 g/mol. The van der Waals surface area contributed by atoms with Crippen LogP contribution in [0.1, 0.15) is 37.0 Å². The Labute approximate surface area is 140 Å². The van der Waals surface area contributed by atoms with Crippen molar-refractivity contribution >= 4 is 28.5 Å². The van der Waals surface area contributed by atoms with E-state index in [9.17, 15) is 9.90 Å². The van der Waals surface area contributed by atoms with E-state index >= 15 is 0 Å². The number of carbonyl (C=O) groups is 1. The molecule has 1 heterocycles. The quantitative estimate of drug-likeness (QED) is 0.762. The summed E-state index contributed by atoms with van der Waals surface area (Å²) in [6, 6.07) is 5.62. The molecule has 1 amide bonds. The number of hydrogen-bond donors (Lipinski definition) is 2. The molecule has 0 radical (unpaired) electrons. The van der Waals surface area contributed by atoms with E-state index in [4.69, 9.17) is 0 Å². The highest BCUT2D eigenvalue weighted by Crippen LogP contribution is 2.23. The van der Waals surface area contributed by atoms with E-state index < -0.39 is 0 Å². The first-order valence-electron chi connectivity index (χ1n) is 7.48. The van der Waals surface area contributed by atoms with Gasteiger partial charge in [0.25, 0.3) is 5.91 Å². The van der Waals surface area contributed by atoms with Crippen molar-refractivity contribution in [1.29, 1.82) is 0 Å². The molecule has 1 fully saturated rings. The van der Waals surface area contributed by atoms with Crippen molar-refractivity contribution < 1.29 is 9.90 Å². The molecule has 1 aromatic rings. The van der Waals surface area contributed by atoms with Crippen LogP contribution >= 0.6 is 22.6 Å². The Morgan fingerprint density at radius 3 is 2.95 bits per heavy atom. The molecule has 0 aromatic heterocycles. The first kappa shape index (κ1) is 16.5. The average Bonchev–Trinajstić information content (AvgIpc) is 2.47. The van der Waals surface area contributed by atoms with Gasteiger partial charge in [-0.2, -0.15) is 0 Å². The van der Waals surface area contributed by atoms with Crippen molar-refractivity contribution in [1.82, 2.24) is 10.2 Å². The van der Waals surface area contributed by atoms with Gasteiger partial charge in [0.05, 0.1) is 3.57 Å². The van der Waals surface area contributed by atoms with Crippen molar-refractivity contribution in [2.45, 2.75) is 32.7 Å². The summed E-state index contributed by atoms with van der Waals surface area (Å²) in [5.74, 6) is 0.718. The third kappa shape index (κ3) is 4.57. The molecule has 1 unspecified atom stereocenters. The number of phenolic OH excluding ortho intramolecular Hbond substituents is 1. The molecule has 116 valence electrons. The Kier molecular flexibility index (Phi) is 5.87. The smallest absolute Gasteiger partial charge is 0.253 e. The lowest BCUT2D eigenvalue weighted by Crippen LogP contribution is -2.43. The molecular formula is C16H23IN2O2. The number of hydrogen-bond acceptors (Lipinski definition) is 3. The van der Waals surface area contributed by atoms with Crippen LogP contribution in [0.5, 0.6) is 5.75 Å². The predicted octanol–water partition coefficient (Wildman–Crippen LogP) is 2.85. The highest BCUT2D eigenvalue weighted by atomic mass is 127. The second-order valence-electron chi connectivity index (χ2n) is 5.99. The third-order valence-corrected chi connectivity index (χ3v) is 4.73. The van der Waals surface area contributed by atoms with Crippen LogP contribution in [0, 0.1) is 9.49 Å². The minimum absolute atomic E-state index is 0.0240. The maximum atomic E-state index is 12.5. The monoisotopic (exact) mass is 402 g/mol. The van der Waals surface area contributed by atoms with Crippen molar-refractivity contribution in [3.8, 4) is 5.75 Å². The number of nitrogens with one attached hydrogen (secondary N) is 1. The number of benzene rings is 1. The van der Waals surface area contributed by atoms with Crippen LogP contribution in [0.4, 0.5) is 0 Å². The fourth-order valence-electron chi connectivity index (χ4n) is 2.65. The maximum absolute atomic E-state index is 12.5. The molecule has 2 N–H and O–H groups in total. The molecule has 0 saturated carbocycles. The summed E-state index contributed by atoms with van der Waals surface area (Å²) in [5, 5.41) is 13.2. The van der Waals surface area contributed by atoms with E-state index in [1.165, 1.54) is 6.42 Å². The Morgan fingerprint density at radius 1 is 1.52 bits per heavy atom. The fraction of sp³-hybridized carbons (Fsp3) is 0.562. The molecule has 1 aromatic carbocycles. The van der Waals surface area contributed by atoms with E-state index in [1.54, 1.807) is 18.2 Å². The van der Waals surface area contributed by atoms with Gasteiger partial charge in [0, 0.05) is 24.7 Å². The average molecular weight is 402 g/mol. The number of nitrogens with zero attached hydrogens (tertiary/aromatic N) is 1. The second kappa shape index (κ2) is 7.45. The molecule has 1 saturated heterocycles.